The van der Waals surface area contributed by atoms with Crippen molar-refractivity contribution in [3.63, 3.8) is 0 Å². The summed E-state index contributed by atoms with van der Waals surface area (Å²) in [7, 11) is -3.87. The van der Waals surface area contributed by atoms with Crippen LogP contribution in [0.25, 0.3) is 0 Å². The Morgan fingerprint density at radius 1 is 1.29 bits per heavy atom. The van der Waals surface area contributed by atoms with Gasteiger partial charge in [0.1, 0.15) is 11.6 Å². The zero-order chi connectivity index (χ0) is 15.5. The number of para-hydroxylation sites is 1. The number of benzene rings is 1. The molecule has 1 aromatic heterocycles. The van der Waals surface area contributed by atoms with Crippen LogP contribution in [0.1, 0.15) is 12.5 Å². The molecule has 0 aliphatic heterocycles. The number of aryl methyl sites for hydroxylation is 1. The third-order valence-electron chi connectivity index (χ3n) is 2.86. The minimum Gasteiger partial charge on any atom is -0.370 e. The Morgan fingerprint density at radius 3 is 2.71 bits per heavy atom. The number of hydrogen-bond donors (Lipinski definition) is 2. The van der Waals surface area contributed by atoms with E-state index >= 15 is 0 Å². The Bertz CT molecular complexity index is 727. The molecule has 2 aromatic rings. The molecule has 21 heavy (non-hydrogen) atoms. The third-order valence-corrected chi connectivity index (χ3v) is 4.21. The zero-order valence-corrected chi connectivity index (χ0v) is 12.5. The SMILES string of the molecule is CCNc1cc(S(=O)(=O)Nc2c(C)cccc2F)ccn1. The van der Waals surface area contributed by atoms with Crippen molar-refractivity contribution >= 4 is 21.5 Å². The van der Waals surface area contributed by atoms with Crippen molar-refractivity contribution in [3.05, 3.63) is 47.9 Å². The van der Waals surface area contributed by atoms with Crippen LogP contribution in [0, 0.1) is 12.7 Å². The molecule has 0 spiro atoms. The maximum Gasteiger partial charge on any atom is 0.262 e. The second-order valence-corrected chi connectivity index (χ2v) is 6.13. The standard InChI is InChI=1S/C14H16FN3O2S/c1-3-16-13-9-11(7-8-17-13)21(19,20)18-14-10(2)5-4-6-12(14)15/h4-9,18H,3H2,1-2H3,(H,16,17). The lowest BCUT2D eigenvalue weighted by molar-refractivity contribution is 0.598. The topological polar surface area (TPSA) is 71.1 Å². The van der Waals surface area contributed by atoms with E-state index in [0.717, 1.165) is 0 Å². The minimum absolute atomic E-state index is 0.0242. The molecule has 0 amide bonds. The summed E-state index contributed by atoms with van der Waals surface area (Å²) in [5, 5.41) is 2.93. The van der Waals surface area contributed by atoms with Crippen LogP contribution in [0.15, 0.2) is 41.4 Å². The normalized spacial score (nSPS) is 11.2. The third kappa shape index (κ3) is 3.49. The number of aromatic nitrogens is 1. The molecule has 112 valence electrons. The van der Waals surface area contributed by atoms with E-state index in [4.69, 9.17) is 0 Å². The lowest BCUT2D eigenvalue weighted by atomic mass is 10.2. The van der Waals surface area contributed by atoms with Crippen LogP contribution in [0.5, 0.6) is 0 Å². The van der Waals surface area contributed by atoms with Crippen LogP contribution in [0.2, 0.25) is 0 Å². The monoisotopic (exact) mass is 309 g/mol. The van der Waals surface area contributed by atoms with Gasteiger partial charge in [0.25, 0.3) is 10.0 Å². The van der Waals surface area contributed by atoms with Crippen molar-refractivity contribution in [1.82, 2.24) is 4.98 Å². The Kier molecular flexibility index (Phi) is 4.42. The molecule has 5 nitrogen and oxygen atoms in total. The van der Waals surface area contributed by atoms with Crippen LogP contribution in [-0.2, 0) is 10.0 Å². The summed E-state index contributed by atoms with van der Waals surface area (Å²) in [5.41, 5.74) is 0.471. The summed E-state index contributed by atoms with van der Waals surface area (Å²) in [4.78, 5) is 4.03. The number of rotatable bonds is 5. The van der Waals surface area contributed by atoms with Crippen molar-refractivity contribution < 1.29 is 12.8 Å². The molecule has 0 unspecified atom stereocenters. The second-order valence-electron chi connectivity index (χ2n) is 4.44. The van der Waals surface area contributed by atoms with Crippen LogP contribution >= 0.6 is 0 Å². The highest BCUT2D eigenvalue weighted by atomic mass is 32.2. The first-order chi connectivity index (χ1) is 9.94. The number of nitrogens with one attached hydrogen (secondary N) is 2. The summed E-state index contributed by atoms with van der Waals surface area (Å²) in [5.74, 6) is -0.162. The van der Waals surface area contributed by atoms with Crippen molar-refractivity contribution in [1.29, 1.82) is 0 Å². The zero-order valence-electron chi connectivity index (χ0n) is 11.7. The number of hydrogen-bond acceptors (Lipinski definition) is 4. The molecule has 1 aromatic carbocycles. The van der Waals surface area contributed by atoms with Gasteiger partial charge >= 0.3 is 0 Å². The van der Waals surface area contributed by atoms with Crippen LogP contribution < -0.4 is 10.0 Å². The highest BCUT2D eigenvalue weighted by molar-refractivity contribution is 7.92. The molecule has 0 saturated heterocycles. The van der Waals surface area contributed by atoms with E-state index in [1.165, 1.54) is 30.5 Å². The number of sulfonamides is 1. The maximum atomic E-state index is 13.7. The van der Waals surface area contributed by atoms with E-state index in [0.29, 0.717) is 17.9 Å². The van der Waals surface area contributed by atoms with Crippen molar-refractivity contribution in [2.75, 3.05) is 16.6 Å². The molecular weight excluding hydrogens is 293 g/mol. The molecule has 0 fully saturated rings. The fourth-order valence-corrected chi connectivity index (χ4v) is 2.96. The van der Waals surface area contributed by atoms with Gasteiger partial charge in [0.2, 0.25) is 0 Å². The van der Waals surface area contributed by atoms with Gasteiger partial charge in [0, 0.05) is 18.8 Å². The molecule has 7 heteroatoms. The lowest BCUT2D eigenvalue weighted by Gasteiger charge is -2.12. The first-order valence-electron chi connectivity index (χ1n) is 6.42. The average molecular weight is 309 g/mol. The molecular formula is C14H16FN3O2S. The quantitative estimate of drug-likeness (QED) is 0.891. The maximum absolute atomic E-state index is 13.7. The smallest absolute Gasteiger partial charge is 0.262 e. The van der Waals surface area contributed by atoms with E-state index in [-0.39, 0.29) is 10.6 Å². The predicted octanol–water partition coefficient (Wildman–Crippen LogP) is 2.76. The van der Waals surface area contributed by atoms with Crippen LogP contribution in [0.3, 0.4) is 0 Å². The number of anilines is 2. The molecule has 2 rings (SSSR count). The van der Waals surface area contributed by atoms with E-state index in [2.05, 4.69) is 15.0 Å². The first kappa shape index (κ1) is 15.2. The van der Waals surface area contributed by atoms with E-state index in [9.17, 15) is 12.8 Å². The summed E-state index contributed by atoms with van der Waals surface area (Å²) in [6, 6.07) is 7.14. The Labute approximate surface area is 123 Å². The van der Waals surface area contributed by atoms with Gasteiger partial charge in [-0.2, -0.15) is 0 Å². The van der Waals surface area contributed by atoms with Gasteiger partial charge in [-0.25, -0.2) is 17.8 Å². The van der Waals surface area contributed by atoms with Crippen LogP contribution in [0.4, 0.5) is 15.9 Å². The largest absolute Gasteiger partial charge is 0.370 e. The van der Waals surface area contributed by atoms with E-state index in [1.54, 1.807) is 13.0 Å². The van der Waals surface area contributed by atoms with E-state index in [1.807, 2.05) is 6.92 Å². The van der Waals surface area contributed by atoms with Crippen LogP contribution in [-0.4, -0.2) is 19.9 Å². The molecule has 0 atom stereocenters. The predicted molar refractivity (Wildman–Crippen MR) is 80.3 cm³/mol. The highest BCUT2D eigenvalue weighted by Gasteiger charge is 2.18. The van der Waals surface area contributed by atoms with Crippen molar-refractivity contribution in [2.45, 2.75) is 18.7 Å². The number of pyridine rings is 1. The molecule has 0 radical (unpaired) electrons. The summed E-state index contributed by atoms with van der Waals surface area (Å²) in [6.07, 6.45) is 1.39. The van der Waals surface area contributed by atoms with Gasteiger partial charge in [-0.15, -0.1) is 0 Å². The molecule has 0 aliphatic carbocycles. The fourth-order valence-electron chi connectivity index (χ4n) is 1.81. The number of nitrogens with zero attached hydrogens (tertiary/aromatic N) is 1. The van der Waals surface area contributed by atoms with Crippen molar-refractivity contribution in [2.24, 2.45) is 0 Å². The molecule has 2 N–H and O–H groups in total. The average Bonchev–Trinajstić information content (AvgIpc) is 2.44. The Morgan fingerprint density at radius 2 is 2.05 bits per heavy atom. The first-order valence-corrected chi connectivity index (χ1v) is 7.90. The Hall–Kier alpha value is -2.15. The highest BCUT2D eigenvalue weighted by Crippen LogP contribution is 2.23. The van der Waals surface area contributed by atoms with Crippen molar-refractivity contribution in [3.8, 4) is 0 Å². The van der Waals surface area contributed by atoms with Gasteiger partial charge in [-0.3, -0.25) is 4.72 Å². The molecule has 0 saturated carbocycles. The summed E-state index contributed by atoms with van der Waals surface area (Å²) in [6.45, 7) is 4.14. The van der Waals surface area contributed by atoms with E-state index < -0.39 is 15.8 Å². The van der Waals surface area contributed by atoms with Gasteiger partial charge < -0.3 is 5.32 Å². The Balaban J connectivity index is 2.36. The number of halogens is 1. The van der Waals surface area contributed by atoms with Gasteiger partial charge in [-0.05, 0) is 31.5 Å². The molecule has 0 aliphatic rings. The summed E-state index contributed by atoms with van der Waals surface area (Å²) < 4.78 is 40.7. The minimum atomic E-state index is -3.87. The van der Waals surface area contributed by atoms with Gasteiger partial charge in [0.15, 0.2) is 0 Å². The van der Waals surface area contributed by atoms with Gasteiger partial charge in [-0.1, -0.05) is 12.1 Å². The second kappa shape index (κ2) is 6.09. The molecule has 1 heterocycles. The summed E-state index contributed by atoms with van der Waals surface area (Å²) >= 11 is 0. The van der Waals surface area contributed by atoms with Gasteiger partial charge in [0.05, 0.1) is 10.6 Å². The fraction of sp³-hybridized carbons (Fsp3) is 0.214. The lowest BCUT2D eigenvalue weighted by Crippen LogP contribution is -2.15. The molecule has 0 bridgehead atoms.